The molecule has 0 amide bonds. The third-order valence-corrected chi connectivity index (χ3v) is 6.15. The second-order valence-corrected chi connectivity index (χ2v) is 7.47. The first-order chi connectivity index (χ1) is 9.19. The summed E-state index contributed by atoms with van der Waals surface area (Å²) in [6.45, 7) is 8.64. The molecule has 1 aliphatic carbocycles. The van der Waals surface area contributed by atoms with E-state index in [1.165, 1.54) is 51.5 Å². The molecule has 0 aromatic heterocycles. The van der Waals surface area contributed by atoms with E-state index in [0.717, 1.165) is 36.0 Å². The molecule has 3 aliphatic rings. The molecular weight excluding hydrogens is 232 g/mol. The van der Waals surface area contributed by atoms with Gasteiger partial charge in [-0.15, -0.1) is 0 Å². The smallest absolute Gasteiger partial charge is 0.0149 e. The summed E-state index contributed by atoms with van der Waals surface area (Å²) in [7, 11) is 0. The molecule has 3 rings (SSSR count). The molecule has 2 aliphatic heterocycles. The van der Waals surface area contributed by atoms with Gasteiger partial charge < -0.3 is 5.32 Å². The molecule has 1 saturated carbocycles. The summed E-state index contributed by atoms with van der Waals surface area (Å²) in [5.41, 5.74) is 0. The molecule has 0 spiro atoms. The number of fused-ring (bicyclic) bond motifs is 2. The maximum Gasteiger partial charge on any atom is 0.0149 e. The van der Waals surface area contributed by atoms with Gasteiger partial charge >= 0.3 is 0 Å². The van der Waals surface area contributed by atoms with E-state index in [9.17, 15) is 0 Å². The van der Waals surface area contributed by atoms with Gasteiger partial charge in [0, 0.05) is 24.2 Å². The van der Waals surface area contributed by atoms with Crippen LogP contribution in [0.3, 0.4) is 0 Å². The van der Waals surface area contributed by atoms with Gasteiger partial charge in [-0.2, -0.15) is 0 Å². The first-order valence-electron chi connectivity index (χ1n) is 8.70. The summed E-state index contributed by atoms with van der Waals surface area (Å²) in [5.74, 6) is 1.80. The average Bonchev–Trinajstić information content (AvgIpc) is 2.73. The maximum atomic E-state index is 3.80. The van der Waals surface area contributed by atoms with E-state index in [1.807, 2.05) is 0 Å². The van der Waals surface area contributed by atoms with E-state index in [0.29, 0.717) is 0 Å². The van der Waals surface area contributed by atoms with Gasteiger partial charge in [0.2, 0.25) is 0 Å². The highest BCUT2D eigenvalue weighted by Crippen LogP contribution is 2.37. The first-order valence-corrected chi connectivity index (χ1v) is 8.70. The Morgan fingerprint density at radius 3 is 2.05 bits per heavy atom. The van der Waals surface area contributed by atoms with Crippen LogP contribution in [-0.2, 0) is 0 Å². The second-order valence-electron chi connectivity index (χ2n) is 7.47. The molecule has 2 bridgehead atoms. The van der Waals surface area contributed by atoms with Crippen molar-refractivity contribution in [1.82, 2.24) is 10.2 Å². The van der Waals surface area contributed by atoms with Crippen LogP contribution in [0.15, 0.2) is 0 Å². The van der Waals surface area contributed by atoms with Gasteiger partial charge in [0.05, 0.1) is 0 Å². The molecule has 2 heterocycles. The van der Waals surface area contributed by atoms with Gasteiger partial charge in [0.15, 0.2) is 0 Å². The Bertz CT molecular complexity index is 282. The summed E-state index contributed by atoms with van der Waals surface area (Å²) >= 11 is 0. The first kappa shape index (κ1) is 13.9. The Morgan fingerprint density at radius 2 is 1.53 bits per heavy atom. The number of rotatable bonds is 3. The van der Waals surface area contributed by atoms with Gasteiger partial charge in [0.25, 0.3) is 0 Å². The van der Waals surface area contributed by atoms with Crippen LogP contribution in [0, 0.1) is 11.8 Å². The standard InChI is InChI=1S/C17H32N2/c1-4-19(17-12(2)6-5-7-13(17)3)16-10-14-8-9-15(11-16)18-14/h12-18H,4-11H2,1-3H3. The molecule has 2 heteroatoms. The van der Waals surface area contributed by atoms with E-state index in [1.54, 1.807) is 0 Å². The van der Waals surface area contributed by atoms with Crippen molar-refractivity contribution >= 4 is 0 Å². The molecule has 2 saturated heterocycles. The molecule has 4 atom stereocenters. The van der Waals surface area contributed by atoms with Crippen LogP contribution in [0.25, 0.3) is 0 Å². The lowest BCUT2D eigenvalue weighted by Gasteiger charge is -2.48. The number of nitrogens with zero attached hydrogens (tertiary/aromatic N) is 1. The van der Waals surface area contributed by atoms with Crippen molar-refractivity contribution in [3.63, 3.8) is 0 Å². The maximum absolute atomic E-state index is 3.80. The summed E-state index contributed by atoms with van der Waals surface area (Å²) in [5, 5.41) is 3.80. The van der Waals surface area contributed by atoms with Gasteiger partial charge in [0.1, 0.15) is 0 Å². The highest BCUT2D eigenvalue weighted by Gasteiger charge is 2.40. The highest BCUT2D eigenvalue weighted by atomic mass is 15.2. The lowest BCUT2D eigenvalue weighted by molar-refractivity contribution is 0.0205. The third kappa shape index (κ3) is 2.71. The van der Waals surface area contributed by atoms with Crippen LogP contribution in [0.2, 0.25) is 0 Å². The third-order valence-electron chi connectivity index (χ3n) is 6.15. The topological polar surface area (TPSA) is 15.3 Å². The molecular formula is C17H32N2. The minimum atomic E-state index is 0.826. The monoisotopic (exact) mass is 264 g/mol. The zero-order valence-corrected chi connectivity index (χ0v) is 13.1. The summed E-state index contributed by atoms with van der Waals surface area (Å²) in [4.78, 5) is 2.90. The Balaban J connectivity index is 1.72. The van der Waals surface area contributed by atoms with Crippen molar-refractivity contribution in [3.8, 4) is 0 Å². The highest BCUT2D eigenvalue weighted by molar-refractivity contribution is 4.98. The normalized spacial score (nSPS) is 46.7. The van der Waals surface area contributed by atoms with Crippen LogP contribution >= 0.6 is 0 Å². The van der Waals surface area contributed by atoms with Crippen LogP contribution < -0.4 is 5.32 Å². The minimum Gasteiger partial charge on any atom is -0.311 e. The van der Waals surface area contributed by atoms with Gasteiger partial charge in [-0.3, -0.25) is 4.90 Å². The molecule has 3 fully saturated rings. The van der Waals surface area contributed by atoms with E-state index in [4.69, 9.17) is 0 Å². The average molecular weight is 264 g/mol. The lowest BCUT2D eigenvalue weighted by atomic mass is 9.76. The summed E-state index contributed by atoms with van der Waals surface area (Å²) in [6.07, 6.45) is 10.0. The Hall–Kier alpha value is -0.0800. The van der Waals surface area contributed by atoms with Crippen molar-refractivity contribution in [2.45, 2.75) is 89.9 Å². The number of hydrogen-bond acceptors (Lipinski definition) is 2. The van der Waals surface area contributed by atoms with Crippen LogP contribution in [0.5, 0.6) is 0 Å². The van der Waals surface area contributed by atoms with Crippen molar-refractivity contribution in [2.75, 3.05) is 6.54 Å². The molecule has 0 aromatic rings. The molecule has 2 nitrogen and oxygen atoms in total. The molecule has 19 heavy (non-hydrogen) atoms. The fourth-order valence-electron chi connectivity index (χ4n) is 5.33. The summed E-state index contributed by atoms with van der Waals surface area (Å²) < 4.78 is 0. The SMILES string of the molecule is CCN(C1CC2CCC(C1)N2)C1C(C)CCCC1C. The molecule has 0 aromatic carbocycles. The van der Waals surface area contributed by atoms with E-state index >= 15 is 0 Å². The van der Waals surface area contributed by atoms with Crippen molar-refractivity contribution < 1.29 is 0 Å². The quantitative estimate of drug-likeness (QED) is 0.840. The predicted octanol–water partition coefficient (Wildman–Crippen LogP) is 3.42. The largest absolute Gasteiger partial charge is 0.311 e. The Kier molecular flexibility index (Phi) is 4.19. The lowest BCUT2D eigenvalue weighted by Crippen LogP contribution is -2.55. The fraction of sp³-hybridized carbons (Fsp3) is 1.00. The van der Waals surface area contributed by atoms with Gasteiger partial charge in [-0.05, 0) is 56.9 Å². The molecule has 4 unspecified atom stereocenters. The van der Waals surface area contributed by atoms with E-state index < -0.39 is 0 Å². The van der Waals surface area contributed by atoms with Crippen molar-refractivity contribution in [2.24, 2.45) is 11.8 Å². The van der Waals surface area contributed by atoms with Crippen LogP contribution in [-0.4, -0.2) is 35.6 Å². The van der Waals surface area contributed by atoms with Gasteiger partial charge in [-0.25, -0.2) is 0 Å². The second kappa shape index (κ2) is 5.73. The zero-order chi connectivity index (χ0) is 13.4. The van der Waals surface area contributed by atoms with Crippen molar-refractivity contribution in [1.29, 1.82) is 0 Å². The van der Waals surface area contributed by atoms with E-state index in [-0.39, 0.29) is 0 Å². The predicted molar refractivity (Wildman–Crippen MR) is 81.3 cm³/mol. The molecule has 0 radical (unpaired) electrons. The Labute approximate surface area is 119 Å². The van der Waals surface area contributed by atoms with Gasteiger partial charge in [-0.1, -0.05) is 27.2 Å². The molecule has 110 valence electrons. The van der Waals surface area contributed by atoms with E-state index in [2.05, 4.69) is 31.0 Å². The van der Waals surface area contributed by atoms with Crippen LogP contribution in [0.4, 0.5) is 0 Å². The Morgan fingerprint density at radius 1 is 0.947 bits per heavy atom. The summed E-state index contributed by atoms with van der Waals surface area (Å²) in [6, 6.07) is 3.36. The number of piperidine rings is 1. The number of hydrogen-bond donors (Lipinski definition) is 1. The zero-order valence-electron chi connectivity index (χ0n) is 13.1. The van der Waals surface area contributed by atoms with Crippen molar-refractivity contribution in [3.05, 3.63) is 0 Å². The number of nitrogens with one attached hydrogen (secondary N) is 1. The molecule has 1 N–H and O–H groups in total. The van der Waals surface area contributed by atoms with Crippen LogP contribution in [0.1, 0.15) is 65.7 Å². The fourth-order valence-corrected chi connectivity index (χ4v) is 5.33. The minimum absolute atomic E-state index is 0.826.